The van der Waals surface area contributed by atoms with Crippen molar-refractivity contribution in [2.45, 2.75) is 26.2 Å². The minimum Gasteiger partial charge on any atom is -0.381 e. The van der Waals surface area contributed by atoms with Crippen LogP contribution in [-0.2, 0) is 4.74 Å². The van der Waals surface area contributed by atoms with Crippen molar-refractivity contribution in [3.63, 3.8) is 0 Å². The van der Waals surface area contributed by atoms with E-state index in [2.05, 4.69) is 14.3 Å². The van der Waals surface area contributed by atoms with E-state index in [0.717, 1.165) is 67.6 Å². The molecule has 2 saturated heterocycles. The fourth-order valence-corrected chi connectivity index (χ4v) is 4.94. The van der Waals surface area contributed by atoms with E-state index in [0.29, 0.717) is 15.5 Å². The molecule has 0 bridgehead atoms. The third kappa shape index (κ3) is 2.88. The van der Waals surface area contributed by atoms with Crippen LogP contribution in [0.5, 0.6) is 0 Å². The maximum absolute atomic E-state index is 6.51. The number of nitrogens with zero attached hydrogens (tertiary/aromatic N) is 4. The lowest BCUT2D eigenvalue weighted by molar-refractivity contribution is 0.133. The molecule has 28 heavy (non-hydrogen) atoms. The van der Waals surface area contributed by atoms with Gasteiger partial charge in [-0.15, -0.1) is 0 Å². The minimum absolute atomic E-state index is 0.367. The van der Waals surface area contributed by atoms with E-state index < -0.39 is 0 Å². The van der Waals surface area contributed by atoms with Gasteiger partial charge in [0.25, 0.3) is 0 Å². The number of rotatable bonds is 2. The normalized spacial score (nSPS) is 19.0. The second kappa shape index (κ2) is 6.90. The van der Waals surface area contributed by atoms with E-state index >= 15 is 0 Å². The summed E-state index contributed by atoms with van der Waals surface area (Å²) in [6.45, 7) is 5.78. The van der Waals surface area contributed by atoms with Crippen LogP contribution < -0.4 is 4.90 Å². The Kier molecular flexibility index (Phi) is 4.49. The van der Waals surface area contributed by atoms with E-state index in [1.165, 1.54) is 6.42 Å². The van der Waals surface area contributed by atoms with Crippen molar-refractivity contribution in [2.24, 2.45) is 5.41 Å². The van der Waals surface area contributed by atoms with Crippen molar-refractivity contribution >= 4 is 34.7 Å². The molecule has 2 aliphatic heterocycles. The molecule has 146 valence electrons. The molecule has 0 saturated carbocycles. The summed E-state index contributed by atoms with van der Waals surface area (Å²) in [7, 11) is 0. The average Bonchev–Trinajstić information content (AvgIpc) is 3.35. The first-order chi connectivity index (χ1) is 13.6. The number of halogens is 2. The van der Waals surface area contributed by atoms with Gasteiger partial charge in [0, 0.05) is 37.7 Å². The van der Waals surface area contributed by atoms with Gasteiger partial charge in [0.1, 0.15) is 0 Å². The molecule has 1 aromatic carbocycles. The van der Waals surface area contributed by atoms with Gasteiger partial charge in [-0.2, -0.15) is 0 Å². The molecular formula is C21H22Cl2N4O. The Hall–Kier alpha value is -1.82. The Bertz CT molecular complexity index is 1030. The molecule has 0 unspecified atom stereocenters. The van der Waals surface area contributed by atoms with Crippen molar-refractivity contribution in [3.05, 3.63) is 46.3 Å². The first-order valence-corrected chi connectivity index (χ1v) is 10.4. The minimum atomic E-state index is 0.367. The fraction of sp³-hybridized carbons (Fsp3) is 0.429. The molecule has 7 heteroatoms. The highest BCUT2D eigenvalue weighted by molar-refractivity contribution is 6.43. The predicted molar refractivity (Wildman–Crippen MR) is 112 cm³/mol. The molecule has 0 radical (unpaired) electrons. The summed E-state index contributed by atoms with van der Waals surface area (Å²) < 4.78 is 7.75. The predicted octanol–water partition coefficient (Wildman–Crippen LogP) is 5.02. The zero-order valence-corrected chi connectivity index (χ0v) is 17.3. The van der Waals surface area contributed by atoms with Gasteiger partial charge in [0.15, 0.2) is 11.5 Å². The maximum Gasteiger partial charge on any atom is 0.180 e. The van der Waals surface area contributed by atoms with E-state index in [1.54, 1.807) is 6.07 Å². The number of ether oxygens (including phenoxy) is 1. The molecule has 0 aliphatic carbocycles. The van der Waals surface area contributed by atoms with Crippen LogP contribution in [-0.4, -0.2) is 40.7 Å². The lowest BCUT2D eigenvalue weighted by atomic mass is 9.78. The van der Waals surface area contributed by atoms with Crippen molar-refractivity contribution < 1.29 is 4.74 Å². The van der Waals surface area contributed by atoms with Crippen LogP contribution in [0.2, 0.25) is 10.0 Å². The first kappa shape index (κ1) is 18.2. The Labute approximate surface area is 174 Å². The van der Waals surface area contributed by atoms with Gasteiger partial charge in [-0.25, -0.2) is 9.97 Å². The molecule has 0 atom stereocenters. The van der Waals surface area contributed by atoms with E-state index in [4.69, 9.17) is 32.9 Å². The Balaban J connectivity index is 1.56. The number of hydrogen-bond acceptors (Lipinski definition) is 4. The van der Waals surface area contributed by atoms with Gasteiger partial charge in [0.05, 0.1) is 28.0 Å². The third-order valence-electron chi connectivity index (χ3n) is 6.21. The lowest BCUT2D eigenvalue weighted by Crippen LogP contribution is -2.41. The molecule has 5 nitrogen and oxygen atoms in total. The molecular weight excluding hydrogens is 395 g/mol. The summed E-state index contributed by atoms with van der Waals surface area (Å²) >= 11 is 12.8. The van der Waals surface area contributed by atoms with Crippen LogP contribution in [0.1, 0.15) is 25.0 Å². The zero-order chi connectivity index (χ0) is 19.3. The summed E-state index contributed by atoms with van der Waals surface area (Å²) in [6.07, 6.45) is 7.25. The van der Waals surface area contributed by atoms with E-state index in [9.17, 15) is 0 Å². The van der Waals surface area contributed by atoms with Gasteiger partial charge >= 0.3 is 0 Å². The topological polar surface area (TPSA) is 42.7 Å². The molecule has 2 aromatic heterocycles. The molecule has 1 spiro atoms. The molecule has 0 amide bonds. The van der Waals surface area contributed by atoms with Gasteiger partial charge in [-0.3, -0.25) is 4.40 Å². The third-order valence-corrected chi connectivity index (χ3v) is 7.03. The number of hydrogen-bond donors (Lipinski definition) is 0. The summed E-state index contributed by atoms with van der Waals surface area (Å²) in [5.74, 6) is 0.943. The zero-order valence-electron chi connectivity index (χ0n) is 15.8. The maximum atomic E-state index is 6.51. The molecule has 4 heterocycles. The fourth-order valence-electron chi connectivity index (χ4n) is 4.55. The van der Waals surface area contributed by atoms with Gasteiger partial charge < -0.3 is 9.64 Å². The summed E-state index contributed by atoms with van der Waals surface area (Å²) in [6, 6.07) is 5.68. The van der Waals surface area contributed by atoms with Crippen molar-refractivity contribution in [2.75, 3.05) is 31.2 Å². The summed E-state index contributed by atoms with van der Waals surface area (Å²) in [4.78, 5) is 12.0. The van der Waals surface area contributed by atoms with Crippen LogP contribution in [0, 0.1) is 12.3 Å². The molecule has 0 N–H and O–H groups in total. The van der Waals surface area contributed by atoms with E-state index in [1.807, 2.05) is 31.5 Å². The Morgan fingerprint density at radius 1 is 1.14 bits per heavy atom. The number of benzene rings is 1. The van der Waals surface area contributed by atoms with E-state index in [-0.39, 0.29) is 0 Å². The van der Waals surface area contributed by atoms with Crippen molar-refractivity contribution in [1.82, 2.24) is 14.4 Å². The van der Waals surface area contributed by atoms with Crippen molar-refractivity contribution in [3.8, 4) is 11.3 Å². The highest BCUT2D eigenvalue weighted by Crippen LogP contribution is 2.41. The average molecular weight is 417 g/mol. The Morgan fingerprint density at radius 2 is 1.96 bits per heavy atom. The van der Waals surface area contributed by atoms with Gasteiger partial charge in [0.2, 0.25) is 0 Å². The van der Waals surface area contributed by atoms with Crippen LogP contribution in [0.15, 0.2) is 30.6 Å². The highest BCUT2D eigenvalue weighted by atomic mass is 35.5. The molecule has 3 aromatic rings. The number of imidazole rings is 1. The number of fused-ring (bicyclic) bond motifs is 1. The van der Waals surface area contributed by atoms with Gasteiger partial charge in [-0.05, 0) is 37.7 Å². The van der Waals surface area contributed by atoms with Crippen LogP contribution in [0.3, 0.4) is 0 Å². The number of aryl methyl sites for hydroxylation is 1. The summed E-state index contributed by atoms with van der Waals surface area (Å²) in [5, 5.41) is 1.08. The first-order valence-electron chi connectivity index (χ1n) is 9.69. The van der Waals surface area contributed by atoms with Crippen molar-refractivity contribution in [1.29, 1.82) is 0 Å². The Morgan fingerprint density at radius 3 is 2.71 bits per heavy atom. The van der Waals surface area contributed by atoms with Crippen LogP contribution in [0.25, 0.3) is 16.9 Å². The quantitative estimate of drug-likeness (QED) is 0.588. The highest BCUT2D eigenvalue weighted by Gasteiger charge is 2.38. The molecule has 5 rings (SSSR count). The second-order valence-corrected chi connectivity index (χ2v) is 8.67. The molecule has 2 fully saturated rings. The van der Waals surface area contributed by atoms with Crippen LogP contribution >= 0.6 is 23.2 Å². The van der Waals surface area contributed by atoms with Crippen LogP contribution in [0.4, 0.5) is 5.82 Å². The van der Waals surface area contributed by atoms with Gasteiger partial charge in [-0.1, -0.05) is 35.3 Å². The SMILES string of the molecule is Cc1nc(N2CCC3(CCOC3)CC2)c2nccn2c1-c1cccc(Cl)c1Cl. The standard InChI is InChI=1S/C21H22Cl2N4O/c1-14-18(15-3-2-4-16(22)17(15)23)27-11-8-24-19(27)20(25-14)26-9-5-21(6-10-26)7-12-28-13-21/h2-4,8,11H,5-7,9-10,12-13H2,1H3. The number of aromatic nitrogens is 3. The lowest BCUT2D eigenvalue weighted by Gasteiger charge is -2.39. The largest absolute Gasteiger partial charge is 0.381 e. The number of piperidine rings is 1. The summed E-state index contributed by atoms with van der Waals surface area (Å²) in [5.41, 5.74) is 3.94. The second-order valence-electron chi connectivity index (χ2n) is 7.88. The molecule has 2 aliphatic rings. The number of anilines is 1. The smallest absolute Gasteiger partial charge is 0.180 e. The monoisotopic (exact) mass is 416 g/mol.